The number of nitrogens with one attached hydrogen (secondary N) is 1. The van der Waals surface area contributed by atoms with Crippen LogP contribution in [0.25, 0.3) is 16.9 Å². The van der Waals surface area contributed by atoms with Gasteiger partial charge in [0.2, 0.25) is 0 Å². The minimum atomic E-state index is -0.307. The first-order chi connectivity index (χ1) is 13.6. The Morgan fingerprint density at radius 3 is 2.46 bits per heavy atom. The van der Waals surface area contributed by atoms with E-state index in [-0.39, 0.29) is 11.7 Å². The zero-order valence-electron chi connectivity index (χ0n) is 15.9. The highest BCUT2D eigenvalue weighted by Crippen LogP contribution is 2.24. The minimum absolute atomic E-state index is 0.149. The molecular weight excluding hydrogens is 355 g/mol. The van der Waals surface area contributed by atoms with Gasteiger partial charge in [0.05, 0.1) is 11.3 Å². The molecule has 1 N–H and O–H groups in total. The van der Waals surface area contributed by atoms with Gasteiger partial charge in [0.15, 0.2) is 0 Å². The van der Waals surface area contributed by atoms with Gasteiger partial charge in [-0.15, -0.1) is 0 Å². The Hall–Kier alpha value is -2.99. The van der Waals surface area contributed by atoms with Gasteiger partial charge in [0.1, 0.15) is 11.5 Å². The van der Waals surface area contributed by atoms with Crippen molar-refractivity contribution in [1.29, 1.82) is 0 Å². The lowest BCUT2D eigenvalue weighted by atomic mass is 10.1. The van der Waals surface area contributed by atoms with Crippen LogP contribution in [0.15, 0.2) is 54.7 Å². The summed E-state index contributed by atoms with van der Waals surface area (Å²) in [5.41, 5.74) is 3.85. The van der Waals surface area contributed by atoms with Crippen LogP contribution in [0.3, 0.4) is 0 Å². The standard InChI is InChI=1S/C22H23FN4O/c1-16-3-5-17(6-4-16)21-20(22(28)24-11-14-26-12-2-13-26)15-27(25-21)19-9-7-18(23)8-10-19/h3-10,15H,2,11-14H2,1H3,(H,24,28). The largest absolute Gasteiger partial charge is 0.351 e. The lowest BCUT2D eigenvalue weighted by molar-refractivity contribution is 0.0942. The molecule has 3 aromatic rings. The Bertz CT molecular complexity index is 959. The number of aryl methyl sites for hydroxylation is 1. The molecular formula is C22H23FN4O. The van der Waals surface area contributed by atoms with Gasteiger partial charge in [-0.25, -0.2) is 9.07 Å². The van der Waals surface area contributed by atoms with Gasteiger partial charge >= 0.3 is 0 Å². The number of carbonyl (C=O) groups excluding carboxylic acids is 1. The molecule has 4 rings (SSSR count). The normalized spacial score (nSPS) is 13.9. The molecule has 0 saturated carbocycles. The Morgan fingerprint density at radius 1 is 1.11 bits per heavy atom. The number of aromatic nitrogens is 2. The van der Waals surface area contributed by atoms with Crippen LogP contribution in [0.5, 0.6) is 0 Å². The van der Waals surface area contributed by atoms with E-state index in [4.69, 9.17) is 0 Å². The number of hydrogen-bond acceptors (Lipinski definition) is 3. The van der Waals surface area contributed by atoms with Crippen LogP contribution in [0.4, 0.5) is 4.39 Å². The molecule has 0 atom stereocenters. The van der Waals surface area contributed by atoms with Crippen molar-refractivity contribution >= 4 is 5.91 Å². The third-order valence-electron chi connectivity index (χ3n) is 5.04. The van der Waals surface area contributed by atoms with E-state index in [0.29, 0.717) is 23.5 Å². The highest BCUT2D eigenvalue weighted by molar-refractivity contribution is 5.99. The van der Waals surface area contributed by atoms with Crippen molar-refractivity contribution < 1.29 is 9.18 Å². The molecule has 1 aromatic heterocycles. The van der Waals surface area contributed by atoms with E-state index in [9.17, 15) is 9.18 Å². The lowest BCUT2D eigenvalue weighted by Gasteiger charge is -2.30. The number of halogens is 1. The van der Waals surface area contributed by atoms with E-state index in [1.165, 1.54) is 18.6 Å². The number of likely N-dealkylation sites (tertiary alicyclic amines) is 1. The molecule has 6 heteroatoms. The maximum atomic E-state index is 13.3. The molecule has 0 radical (unpaired) electrons. The molecule has 5 nitrogen and oxygen atoms in total. The van der Waals surface area contributed by atoms with Crippen LogP contribution in [-0.4, -0.2) is 46.8 Å². The minimum Gasteiger partial charge on any atom is -0.351 e. The number of rotatable bonds is 6. The second-order valence-electron chi connectivity index (χ2n) is 7.13. The maximum Gasteiger partial charge on any atom is 0.255 e. The van der Waals surface area contributed by atoms with E-state index in [1.807, 2.05) is 31.2 Å². The molecule has 2 aromatic carbocycles. The summed E-state index contributed by atoms with van der Waals surface area (Å²) in [6, 6.07) is 14.0. The summed E-state index contributed by atoms with van der Waals surface area (Å²) in [4.78, 5) is 15.2. The van der Waals surface area contributed by atoms with E-state index in [0.717, 1.165) is 30.8 Å². The Morgan fingerprint density at radius 2 is 1.82 bits per heavy atom. The zero-order valence-corrected chi connectivity index (χ0v) is 15.9. The average Bonchev–Trinajstić information content (AvgIpc) is 3.10. The molecule has 144 valence electrons. The molecule has 1 amide bonds. The van der Waals surface area contributed by atoms with E-state index in [1.54, 1.807) is 23.0 Å². The van der Waals surface area contributed by atoms with Crippen molar-refractivity contribution in [1.82, 2.24) is 20.0 Å². The predicted molar refractivity (Wildman–Crippen MR) is 107 cm³/mol. The second kappa shape index (κ2) is 7.94. The van der Waals surface area contributed by atoms with Crippen molar-refractivity contribution in [2.75, 3.05) is 26.2 Å². The molecule has 0 unspecified atom stereocenters. The highest BCUT2D eigenvalue weighted by Gasteiger charge is 2.19. The van der Waals surface area contributed by atoms with Crippen LogP contribution in [0, 0.1) is 12.7 Å². The van der Waals surface area contributed by atoms with Gasteiger partial charge in [-0.2, -0.15) is 5.10 Å². The lowest BCUT2D eigenvalue weighted by Crippen LogP contribution is -2.42. The summed E-state index contributed by atoms with van der Waals surface area (Å²) in [5.74, 6) is -0.455. The van der Waals surface area contributed by atoms with Crippen LogP contribution in [-0.2, 0) is 0 Å². The van der Waals surface area contributed by atoms with Crippen molar-refractivity contribution in [3.8, 4) is 16.9 Å². The van der Waals surface area contributed by atoms with Gasteiger partial charge in [-0.1, -0.05) is 29.8 Å². The molecule has 1 aliphatic heterocycles. The van der Waals surface area contributed by atoms with Crippen molar-refractivity contribution in [3.63, 3.8) is 0 Å². The fourth-order valence-corrected chi connectivity index (χ4v) is 3.22. The summed E-state index contributed by atoms with van der Waals surface area (Å²) in [5, 5.41) is 7.62. The van der Waals surface area contributed by atoms with Gasteiger partial charge in [0.25, 0.3) is 5.91 Å². The number of amides is 1. The van der Waals surface area contributed by atoms with Crippen molar-refractivity contribution in [2.24, 2.45) is 0 Å². The molecule has 28 heavy (non-hydrogen) atoms. The van der Waals surface area contributed by atoms with Crippen LogP contribution in [0.2, 0.25) is 0 Å². The Labute approximate surface area is 163 Å². The second-order valence-corrected chi connectivity index (χ2v) is 7.13. The number of benzene rings is 2. The molecule has 1 saturated heterocycles. The fraction of sp³-hybridized carbons (Fsp3) is 0.273. The van der Waals surface area contributed by atoms with Crippen LogP contribution < -0.4 is 5.32 Å². The molecule has 0 aliphatic carbocycles. The number of carbonyl (C=O) groups is 1. The topological polar surface area (TPSA) is 50.2 Å². The van der Waals surface area contributed by atoms with E-state index in [2.05, 4.69) is 15.3 Å². The summed E-state index contributed by atoms with van der Waals surface area (Å²) in [7, 11) is 0. The molecule has 1 fully saturated rings. The molecule has 1 aliphatic rings. The van der Waals surface area contributed by atoms with Gasteiger partial charge < -0.3 is 10.2 Å². The maximum absolute atomic E-state index is 13.3. The van der Waals surface area contributed by atoms with E-state index >= 15 is 0 Å². The monoisotopic (exact) mass is 378 g/mol. The SMILES string of the molecule is Cc1ccc(-c2nn(-c3ccc(F)cc3)cc2C(=O)NCCN2CCC2)cc1. The quantitative estimate of drug-likeness (QED) is 0.715. The average molecular weight is 378 g/mol. The summed E-state index contributed by atoms with van der Waals surface area (Å²) >= 11 is 0. The van der Waals surface area contributed by atoms with Gasteiger partial charge in [-0.3, -0.25) is 4.79 Å². The first-order valence-electron chi connectivity index (χ1n) is 9.53. The predicted octanol–water partition coefficient (Wildman–Crippen LogP) is 3.42. The summed E-state index contributed by atoms with van der Waals surface area (Å²) in [6.45, 7) is 5.69. The van der Waals surface area contributed by atoms with Gasteiger partial charge in [0, 0.05) is 24.8 Å². The van der Waals surface area contributed by atoms with Crippen LogP contribution >= 0.6 is 0 Å². The molecule has 0 bridgehead atoms. The van der Waals surface area contributed by atoms with Crippen LogP contribution in [0.1, 0.15) is 22.3 Å². The fourth-order valence-electron chi connectivity index (χ4n) is 3.22. The van der Waals surface area contributed by atoms with Crippen molar-refractivity contribution in [2.45, 2.75) is 13.3 Å². The highest BCUT2D eigenvalue weighted by atomic mass is 19.1. The zero-order chi connectivity index (χ0) is 19.5. The van der Waals surface area contributed by atoms with Crippen molar-refractivity contribution in [3.05, 3.63) is 71.7 Å². The third kappa shape index (κ3) is 3.97. The Balaban J connectivity index is 1.62. The number of nitrogens with zero attached hydrogens (tertiary/aromatic N) is 3. The third-order valence-corrected chi connectivity index (χ3v) is 5.04. The molecule has 2 heterocycles. The first-order valence-corrected chi connectivity index (χ1v) is 9.53. The number of hydrogen-bond donors (Lipinski definition) is 1. The first kappa shape index (κ1) is 18.4. The Kier molecular flexibility index (Phi) is 5.21. The smallest absolute Gasteiger partial charge is 0.255 e. The molecule has 0 spiro atoms. The van der Waals surface area contributed by atoms with Gasteiger partial charge in [-0.05, 0) is 50.7 Å². The summed E-state index contributed by atoms with van der Waals surface area (Å²) in [6.07, 6.45) is 2.94. The summed E-state index contributed by atoms with van der Waals surface area (Å²) < 4.78 is 14.9. The van der Waals surface area contributed by atoms with E-state index < -0.39 is 0 Å².